The minimum Gasteiger partial charge on any atom is -0.450 e. The number of nitrogens with zero attached hydrogens (tertiary/aromatic N) is 3. The number of hydrogen-bond acceptors (Lipinski definition) is 7. The summed E-state index contributed by atoms with van der Waals surface area (Å²) in [4.78, 5) is 41.8. The summed E-state index contributed by atoms with van der Waals surface area (Å²) in [6.45, 7) is 4.41. The number of aryl methyl sites for hydroxylation is 1. The van der Waals surface area contributed by atoms with E-state index in [1.165, 1.54) is 17.4 Å². The minimum absolute atomic E-state index is 0.0720. The zero-order valence-corrected chi connectivity index (χ0v) is 15.7. The van der Waals surface area contributed by atoms with Crippen LogP contribution in [0.1, 0.15) is 33.4 Å². The van der Waals surface area contributed by atoms with Crippen LogP contribution in [0.5, 0.6) is 0 Å². The Morgan fingerprint density at radius 3 is 2.93 bits per heavy atom. The standard InChI is InChI=1S/C17H18N4O5S/c1-3-26-17(23)19-16-18-12-6-7-20(9-14(12)27-16)15(22)11-5-4-10(2)13(8-11)21(24)25/h4-5,8H,3,6-7,9H2,1-2H3,(H,18,19,23). The van der Waals surface area contributed by atoms with Crippen molar-refractivity contribution in [2.45, 2.75) is 26.8 Å². The first kappa shape index (κ1) is 18.8. The Bertz CT molecular complexity index is 911. The highest BCUT2D eigenvalue weighted by Crippen LogP contribution is 2.29. The van der Waals surface area contributed by atoms with Crippen LogP contribution in [-0.2, 0) is 17.7 Å². The molecule has 1 aliphatic rings. The van der Waals surface area contributed by atoms with Crippen LogP contribution in [0.15, 0.2) is 18.2 Å². The number of nitro groups is 1. The van der Waals surface area contributed by atoms with E-state index in [4.69, 9.17) is 4.74 Å². The van der Waals surface area contributed by atoms with Gasteiger partial charge in [0.05, 0.1) is 23.8 Å². The van der Waals surface area contributed by atoms with E-state index < -0.39 is 11.0 Å². The molecule has 0 saturated heterocycles. The average molecular weight is 390 g/mol. The predicted molar refractivity (Wildman–Crippen MR) is 99.0 cm³/mol. The van der Waals surface area contributed by atoms with Gasteiger partial charge in [0.15, 0.2) is 5.13 Å². The molecule has 10 heteroatoms. The molecule has 2 aromatic rings. The monoisotopic (exact) mass is 390 g/mol. The number of carbonyl (C=O) groups is 2. The fourth-order valence-corrected chi connectivity index (χ4v) is 3.81. The number of aromatic nitrogens is 1. The van der Waals surface area contributed by atoms with Gasteiger partial charge in [-0.15, -0.1) is 0 Å². The number of benzene rings is 1. The van der Waals surface area contributed by atoms with E-state index in [9.17, 15) is 19.7 Å². The van der Waals surface area contributed by atoms with Crippen molar-refractivity contribution in [2.24, 2.45) is 0 Å². The Labute approximate surface area is 159 Å². The van der Waals surface area contributed by atoms with E-state index in [2.05, 4.69) is 10.3 Å². The van der Waals surface area contributed by atoms with Crippen molar-refractivity contribution >= 4 is 34.2 Å². The van der Waals surface area contributed by atoms with Crippen LogP contribution in [-0.4, -0.2) is 40.0 Å². The van der Waals surface area contributed by atoms with Gasteiger partial charge in [-0.25, -0.2) is 9.78 Å². The van der Waals surface area contributed by atoms with Crippen LogP contribution in [0.4, 0.5) is 15.6 Å². The Kier molecular flexibility index (Phi) is 5.36. The topological polar surface area (TPSA) is 115 Å². The van der Waals surface area contributed by atoms with Crippen molar-refractivity contribution in [1.82, 2.24) is 9.88 Å². The van der Waals surface area contributed by atoms with Gasteiger partial charge in [-0.05, 0) is 19.9 Å². The number of hydrogen-bond donors (Lipinski definition) is 1. The predicted octanol–water partition coefficient (Wildman–Crippen LogP) is 3.13. The molecule has 1 aromatic carbocycles. The number of nitro benzene ring substituents is 1. The number of anilines is 1. The van der Waals surface area contributed by atoms with Crippen LogP contribution in [0.3, 0.4) is 0 Å². The van der Waals surface area contributed by atoms with E-state index in [0.29, 0.717) is 30.2 Å². The van der Waals surface area contributed by atoms with Crippen LogP contribution in [0.2, 0.25) is 0 Å². The molecule has 2 amide bonds. The first-order valence-corrected chi connectivity index (χ1v) is 9.17. The van der Waals surface area contributed by atoms with Crippen LogP contribution in [0, 0.1) is 17.0 Å². The van der Waals surface area contributed by atoms with Crippen LogP contribution < -0.4 is 5.32 Å². The van der Waals surface area contributed by atoms with Gasteiger partial charge in [0, 0.05) is 35.0 Å². The summed E-state index contributed by atoms with van der Waals surface area (Å²) in [5.41, 5.74) is 1.56. The average Bonchev–Trinajstić information content (AvgIpc) is 3.02. The van der Waals surface area contributed by atoms with Gasteiger partial charge in [0.2, 0.25) is 0 Å². The third-order valence-corrected chi connectivity index (χ3v) is 5.15. The van der Waals surface area contributed by atoms with Crippen molar-refractivity contribution in [3.63, 3.8) is 0 Å². The molecule has 1 aromatic heterocycles. The molecule has 1 N–H and O–H groups in total. The third-order valence-electron chi connectivity index (χ3n) is 4.16. The van der Waals surface area contributed by atoms with Crippen molar-refractivity contribution < 1.29 is 19.2 Å². The molecule has 0 bridgehead atoms. The number of ether oxygens (including phenoxy) is 1. The third kappa shape index (κ3) is 4.05. The van der Waals surface area contributed by atoms with Gasteiger partial charge in [0.25, 0.3) is 11.6 Å². The molecule has 0 saturated carbocycles. The van der Waals surface area contributed by atoms with Crippen molar-refractivity contribution in [2.75, 3.05) is 18.5 Å². The number of nitrogens with one attached hydrogen (secondary N) is 1. The number of carbonyl (C=O) groups excluding carboxylic acids is 2. The normalized spacial score (nSPS) is 13.0. The first-order valence-electron chi connectivity index (χ1n) is 8.35. The van der Waals surface area contributed by atoms with Crippen molar-refractivity contribution in [3.8, 4) is 0 Å². The van der Waals surface area contributed by atoms with E-state index >= 15 is 0 Å². The molecular weight excluding hydrogens is 372 g/mol. The van der Waals surface area contributed by atoms with Gasteiger partial charge in [-0.3, -0.25) is 20.2 Å². The van der Waals surface area contributed by atoms with Crippen LogP contribution in [0.25, 0.3) is 0 Å². The lowest BCUT2D eigenvalue weighted by Gasteiger charge is -2.26. The maximum Gasteiger partial charge on any atom is 0.413 e. The van der Waals surface area contributed by atoms with E-state index in [1.807, 2.05) is 0 Å². The molecule has 3 rings (SSSR count). The van der Waals surface area contributed by atoms with Crippen LogP contribution >= 0.6 is 11.3 Å². The van der Waals surface area contributed by atoms with Gasteiger partial charge in [-0.1, -0.05) is 17.4 Å². The summed E-state index contributed by atoms with van der Waals surface area (Å²) in [5.74, 6) is -0.267. The minimum atomic E-state index is -0.566. The molecule has 0 aliphatic carbocycles. The largest absolute Gasteiger partial charge is 0.450 e. The molecule has 0 fully saturated rings. The summed E-state index contributed by atoms with van der Waals surface area (Å²) < 4.78 is 4.83. The lowest BCUT2D eigenvalue weighted by molar-refractivity contribution is -0.385. The molecular formula is C17H18N4O5S. The second-order valence-corrected chi connectivity index (χ2v) is 7.05. The number of amides is 2. The second kappa shape index (κ2) is 7.70. The smallest absolute Gasteiger partial charge is 0.413 e. The fourth-order valence-electron chi connectivity index (χ4n) is 2.80. The summed E-state index contributed by atoms with van der Waals surface area (Å²) in [6, 6.07) is 4.49. The Balaban J connectivity index is 1.75. The first-order chi connectivity index (χ1) is 12.9. The zero-order chi connectivity index (χ0) is 19.6. The molecule has 2 heterocycles. The van der Waals surface area contributed by atoms with Gasteiger partial charge in [-0.2, -0.15) is 0 Å². The molecule has 0 spiro atoms. The lowest BCUT2D eigenvalue weighted by Crippen LogP contribution is -2.35. The summed E-state index contributed by atoms with van der Waals surface area (Å²) in [7, 11) is 0. The molecule has 1 aliphatic heterocycles. The van der Waals surface area contributed by atoms with E-state index in [1.54, 1.807) is 30.9 Å². The second-order valence-electron chi connectivity index (χ2n) is 5.97. The lowest BCUT2D eigenvalue weighted by atomic mass is 10.1. The molecule has 27 heavy (non-hydrogen) atoms. The quantitative estimate of drug-likeness (QED) is 0.633. The highest BCUT2D eigenvalue weighted by atomic mass is 32.1. The molecule has 0 atom stereocenters. The molecule has 0 radical (unpaired) electrons. The SMILES string of the molecule is CCOC(=O)Nc1nc2c(s1)CN(C(=O)c1ccc(C)c([N+](=O)[O-])c1)CC2. The van der Waals surface area contributed by atoms with Crippen molar-refractivity contribution in [1.29, 1.82) is 0 Å². The summed E-state index contributed by atoms with van der Waals surface area (Å²) in [5, 5.41) is 14.1. The number of thiazole rings is 1. The van der Waals surface area contributed by atoms with Gasteiger partial charge >= 0.3 is 6.09 Å². The molecule has 142 valence electrons. The van der Waals surface area contributed by atoms with Gasteiger partial charge in [0.1, 0.15) is 0 Å². The van der Waals surface area contributed by atoms with E-state index in [-0.39, 0.29) is 23.8 Å². The molecule has 0 unspecified atom stereocenters. The van der Waals surface area contributed by atoms with Crippen molar-refractivity contribution in [3.05, 3.63) is 50.0 Å². The summed E-state index contributed by atoms with van der Waals surface area (Å²) in [6.07, 6.45) is -0.0146. The van der Waals surface area contributed by atoms with Gasteiger partial charge < -0.3 is 9.64 Å². The number of rotatable bonds is 4. The Morgan fingerprint density at radius 1 is 1.44 bits per heavy atom. The maximum absolute atomic E-state index is 12.8. The molecule has 9 nitrogen and oxygen atoms in total. The highest BCUT2D eigenvalue weighted by molar-refractivity contribution is 7.15. The Hall–Kier alpha value is -3.01. The number of fused-ring (bicyclic) bond motifs is 1. The maximum atomic E-state index is 12.8. The summed E-state index contributed by atoms with van der Waals surface area (Å²) >= 11 is 1.29. The fraction of sp³-hybridized carbons (Fsp3) is 0.353. The van der Waals surface area contributed by atoms with E-state index in [0.717, 1.165) is 10.6 Å². The zero-order valence-electron chi connectivity index (χ0n) is 14.9. The highest BCUT2D eigenvalue weighted by Gasteiger charge is 2.26. The Morgan fingerprint density at radius 2 is 2.22 bits per heavy atom.